The third-order valence-electron chi connectivity index (χ3n) is 3.22. The fraction of sp³-hybridized carbons (Fsp3) is 0.400. The second-order valence-corrected chi connectivity index (χ2v) is 5.61. The van der Waals surface area contributed by atoms with E-state index in [-0.39, 0.29) is 5.78 Å². The Kier molecular flexibility index (Phi) is 4.09. The van der Waals surface area contributed by atoms with Crippen LogP contribution in [0.5, 0.6) is 5.75 Å². The summed E-state index contributed by atoms with van der Waals surface area (Å²) in [5.41, 5.74) is 7.69. The standard InChI is InChI=1S/C15H20N4O2/c1-10(20)11-5-6-13(21-4)12(7-11)8-19-9-14(17-18-19)15(2,3)16/h5-7,9H,8,16H2,1-4H3. The fourth-order valence-corrected chi connectivity index (χ4v) is 1.97. The van der Waals surface area contributed by atoms with E-state index < -0.39 is 5.54 Å². The molecule has 2 rings (SSSR count). The Hall–Kier alpha value is -2.21. The molecule has 0 atom stereocenters. The summed E-state index contributed by atoms with van der Waals surface area (Å²) in [5, 5.41) is 8.15. The maximum atomic E-state index is 11.5. The maximum absolute atomic E-state index is 11.5. The molecule has 6 nitrogen and oxygen atoms in total. The van der Waals surface area contributed by atoms with Gasteiger partial charge in [0.15, 0.2) is 5.78 Å². The molecule has 2 aromatic rings. The molecular weight excluding hydrogens is 268 g/mol. The monoisotopic (exact) mass is 288 g/mol. The first kappa shape index (κ1) is 15.2. The minimum Gasteiger partial charge on any atom is -0.496 e. The molecule has 2 N–H and O–H groups in total. The van der Waals surface area contributed by atoms with Crippen LogP contribution in [0.15, 0.2) is 24.4 Å². The van der Waals surface area contributed by atoms with Gasteiger partial charge < -0.3 is 10.5 Å². The number of nitrogens with two attached hydrogens (primary N) is 1. The van der Waals surface area contributed by atoms with Crippen molar-refractivity contribution in [2.24, 2.45) is 5.73 Å². The fourth-order valence-electron chi connectivity index (χ4n) is 1.97. The average Bonchev–Trinajstić information content (AvgIpc) is 2.87. The van der Waals surface area contributed by atoms with Gasteiger partial charge >= 0.3 is 0 Å². The highest BCUT2D eigenvalue weighted by Gasteiger charge is 2.18. The molecule has 0 bridgehead atoms. The van der Waals surface area contributed by atoms with E-state index in [0.717, 1.165) is 5.56 Å². The number of Topliss-reactive ketones (excluding diaryl/α,β-unsaturated/α-hetero) is 1. The molecule has 0 saturated carbocycles. The molecule has 0 spiro atoms. The Morgan fingerprint density at radius 1 is 1.43 bits per heavy atom. The van der Waals surface area contributed by atoms with Crippen LogP contribution in [0.3, 0.4) is 0 Å². The molecule has 1 aromatic carbocycles. The van der Waals surface area contributed by atoms with E-state index in [2.05, 4.69) is 10.3 Å². The average molecular weight is 288 g/mol. The molecule has 21 heavy (non-hydrogen) atoms. The summed E-state index contributed by atoms with van der Waals surface area (Å²) in [6.45, 7) is 5.75. The summed E-state index contributed by atoms with van der Waals surface area (Å²) < 4.78 is 7.02. The van der Waals surface area contributed by atoms with E-state index in [1.807, 2.05) is 19.9 Å². The predicted molar refractivity (Wildman–Crippen MR) is 79.3 cm³/mol. The van der Waals surface area contributed by atoms with Crippen molar-refractivity contribution in [3.05, 3.63) is 41.2 Å². The van der Waals surface area contributed by atoms with Gasteiger partial charge in [0.1, 0.15) is 11.4 Å². The topological polar surface area (TPSA) is 83.0 Å². The molecule has 112 valence electrons. The van der Waals surface area contributed by atoms with Gasteiger partial charge in [0.2, 0.25) is 0 Å². The van der Waals surface area contributed by atoms with E-state index in [4.69, 9.17) is 10.5 Å². The van der Waals surface area contributed by atoms with Gasteiger partial charge in [-0.15, -0.1) is 5.10 Å². The molecule has 1 heterocycles. The summed E-state index contributed by atoms with van der Waals surface area (Å²) >= 11 is 0. The van der Waals surface area contributed by atoms with Crippen molar-refractivity contribution < 1.29 is 9.53 Å². The lowest BCUT2D eigenvalue weighted by atomic mass is 10.0. The van der Waals surface area contributed by atoms with Gasteiger partial charge in [-0.25, -0.2) is 4.68 Å². The lowest BCUT2D eigenvalue weighted by Crippen LogP contribution is -2.29. The largest absolute Gasteiger partial charge is 0.496 e. The summed E-state index contributed by atoms with van der Waals surface area (Å²) in [6.07, 6.45) is 1.81. The quantitative estimate of drug-likeness (QED) is 0.847. The summed E-state index contributed by atoms with van der Waals surface area (Å²) in [6, 6.07) is 5.35. The van der Waals surface area contributed by atoms with Crippen LogP contribution in [-0.4, -0.2) is 27.9 Å². The number of ether oxygens (including phenoxy) is 1. The van der Waals surface area contributed by atoms with Gasteiger partial charge in [0.05, 0.1) is 25.4 Å². The Balaban J connectivity index is 2.32. The molecule has 0 amide bonds. The van der Waals surface area contributed by atoms with Crippen molar-refractivity contribution in [1.82, 2.24) is 15.0 Å². The number of carbonyl (C=O) groups is 1. The summed E-state index contributed by atoms with van der Waals surface area (Å²) in [5.74, 6) is 0.727. The van der Waals surface area contributed by atoms with Crippen molar-refractivity contribution in [3.8, 4) is 5.75 Å². The predicted octanol–water partition coefficient (Wildman–Crippen LogP) is 1.73. The molecule has 0 aliphatic heterocycles. The molecule has 0 aliphatic rings. The number of hydrogen-bond donors (Lipinski definition) is 1. The molecule has 0 saturated heterocycles. The zero-order valence-electron chi connectivity index (χ0n) is 12.8. The number of carbonyl (C=O) groups excluding carboxylic acids is 1. The number of nitrogens with zero attached hydrogens (tertiary/aromatic N) is 3. The first-order valence-electron chi connectivity index (χ1n) is 6.68. The number of hydrogen-bond acceptors (Lipinski definition) is 5. The van der Waals surface area contributed by atoms with Gasteiger partial charge in [-0.1, -0.05) is 5.21 Å². The number of methoxy groups -OCH3 is 1. The minimum atomic E-state index is -0.538. The zero-order chi connectivity index (χ0) is 15.6. The maximum Gasteiger partial charge on any atom is 0.159 e. The van der Waals surface area contributed by atoms with Gasteiger partial charge in [-0.05, 0) is 39.0 Å². The van der Waals surface area contributed by atoms with Crippen LogP contribution < -0.4 is 10.5 Å². The lowest BCUT2D eigenvalue weighted by molar-refractivity contribution is 0.101. The van der Waals surface area contributed by atoms with Crippen LogP contribution in [0.25, 0.3) is 0 Å². The molecule has 0 fully saturated rings. The Morgan fingerprint density at radius 3 is 2.67 bits per heavy atom. The third kappa shape index (κ3) is 3.46. The van der Waals surface area contributed by atoms with Crippen molar-refractivity contribution in [1.29, 1.82) is 0 Å². The highest BCUT2D eigenvalue weighted by atomic mass is 16.5. The van der Waals surface area contributed by atoms with E-state index in [1.54, 1.807) is 30.1 Å². The Morgan fingerprint density at radius 2 is 2.14 bits per heavy atom. The Bertz CT molecular complexity index is 656. The lowest BCUT2D eigenvalue weighted by Gasteiger charge is -2.13. The molecular formula is C15H20N4O2. The third-order valence-corrected chi connectivity index (χ3v) is 3.22. The van der Waals surface area contributed by atoms with E-state index >= 15 is 0 Å². The molecule has 1 aromatic heterocycles. The first-order chi connectivity index (χ1) is 9.81. The molecule has 0 radical (unpaired) electrons. The van der Waals surface area contributed by atoms with Crippen LogP contribution in [0.4, 0.5) is 0 Å². The highest BCUT2D eigenvalue weighted by molar-refractivity contribution is 5.94. The van der Waals surface area contributed by atoms with Crippen molar-refractivity contribution >= 4 is 5.78 Å². The number of aromatic nitrogens is 3. The van der Waals surface area contributed by atoms with Crippen molar-refractivity contribution in [2.45, 2.75) is 32.9 Å². The normalized spacial score (nSPS) is 11.5. The van der Waals surface area contributed by atoms with Gasteiger partial charge in [0, 0.05) is 11.1 Å². The molecule has 0 aliphatic carbocycles. The van der Waals surface area contributed by atoms with Gasteiger partial charge in [-0.3, -0.25) is 4.79 Å². The van der Waals surface area contributed by atoms with E-state index in [0.29, 0.717) is 23.6 Å². The second-order valence-electron chi connectivity index (χ2n) is 5.61. The minimum absolute atomic E-state index is 0.0151. The summed E-state index contributed by atoms with van der Waals surface area (Å²) in [4.78, 5) is 11.5. The van der Waals surface area contributed by atoms with E-state index in [1.165, 1.54) is 6.92 Å². The second kappa shape index (κ2) is 5.65. The number of ketones is 1. The van der Waals surface area contributed by atoms with E-state index in [9.17, 15) is 4.79 Å². The first-order valence-corrected chi connectivity index (χ1v) is 6.68. The van der Waals surface area contributed by atoms with Crippen molar-refractivity contribution in [3.63, 3.8) is 0 Å². The van der Waals surface area contributed by atoms with Gasteiger partial charge in [-0.2, -0.15) is 0 Å². The van der Waals surface area contributed by atoms with Crippen LogP contribution in [-0.2, 0) is 12.1 Å². The smallest absolute Gasteiger partial charge is 0.159 e. The van der Waals surface area contributed by atoms with Crippen LogP contribution in [0, 0.1) is 0 Å². The summed E-state index contributed by atoms with van der Waals surface area (Å²) in [7, 11) is 1.60. The van der Waals surface area contributed by atoms with Crippen molar-refractivity contribution in [2.75, 3.05) is 7.11 Å². The number of benzene rings is 1. The number of rotatable bonds is 5. The zero-order valence-corrected chi connectivity index (χ0v) is 12.8. The molecule has 6 heteroatoms. The molecule has 0 unspecified atom stereocenters. The van der Waals surface area contributed by atoms with Crippen LogP contribution in [0.1, 0.15) is 42.4 Å². The van der Waals surface area contributed by atoms with Crippen LogP contribution in [0.2, 0.25) is 0 Å². The SMILES string of the molecule is COc1ccc(C(C)=O)cc1Cn1cc(C(C)(C)N)nn1. The van der Waals surface area contributed by atoms with Crippen LogP contribution >= 0.6 is 0 Å². The van der Waals surface area contributed by atoms with Gasteiger partial charge in [0.25, 0.3) is 0 Å². The highest BCUT2D eigenvalue weighted by Crippen LogP contribution is 2.22. The Labute approximate surface area is 123 Å².